The Morgan fingerprint density at radius 1 is 1.19 bits per heavy atom. The normalized spacial score (nSPS) is 11.4. The fourth-order valence-corrected chi connectivity index (χ4v) is 3.88. The number of nitrogens with one attached hydrogen (secondary N) is 1. The molecule has 0 heterocycles. The number of halogens is 1. The lowest BCUT2D eigenvalue weighted by atomic mass is 10.1. The Kier molecular flexibility index (Phi) is 4.70. The zero-order chi connectivity index (χ0) is 15.6. The van der Waals surface area contributed by atoms with Crippen molar-refractivity contribution < 1.29 is 8.42 Å². The quantitative estimate of drug-likeness (QED) is 0.869. The average molecular weight is 369 g/mol. The number of anilines is 1. The highest BCUT2D eigenvalue weighted by Crippen LogP contribution is 2.24. The molecule has 0 amide bonds. The zero-order valence-corrected chi connectivity index (χ0v) is 14.3. The molecule has 4 nitrogen and oxygen atoms in total. The van der Waals surface area contributed by atoms with E-state index in [4.69, 9.17) is 5.73 Å². The van der Waals surface area contributed by atoms with E-state index in [2.05, 4.69) is 20.7 Å². The summed E-state index contributed by atoms with van der Waals surface area (Å²) in [5.74, 6) is 0. The van der Waals surface area contributed by atoms with Crippen molar-refractivity contribution in [1.82, 2.24) is 0 Å². The second-order valence-electron chi connectivity index (χ2n) is 4.86. The monoisotopic (exact) mass is 368 g/mol. The molecule has 2 aromatic carbocycles. The van der Waals surface area contributed by atoms with Crippen molar-refractivity contribution in [2.45, 2.75) is 25.3 Å². The molecule has 0 fully saturated rings. The van der Waals surface area contributed by atoms with Crippen molar-refractivity contribution in [3.63, 3.8) is 0 Å². The first-order chi connectivity index (χ1) is 9.83. The lowest BCUT2D eigenvalue weighted by molar-refractivity contribution is 0.600. The van der Waals surface area contributed by atoms with Crippen LogP contribution in [-0.4, -0.2) is 8.42 Å². The van der Waals surface area contributed by atoms with E-state index in [1.54, 1.807) is 31.2 Å². The van der Waals surface area contributed by atoms with Crippen LogP contribution in [0, 0.1) is 13.8 Å². The van der Waals surface area contributed by atoms with E-state index in [1.165, 1.54) is 0 Å². The predicted molar refractivity (Wildman–Crippen MR) is 88.8 cm³/mol. The number of rotatable bonds is 4. The molecule has 0 bridgehead atoms. The van der Waals surface area contributed by atoms with Crippen LogP contribution >= 0.6 is 15.9 Å². The van der Waals surface area contributed by atoms with Crippen molar-refractivity contribution in [2.24, 2.45) is 5.73 Å². The average Bonchev–Trinajstić information content (AvgIpc) is 2.41. The fourth-order valence-electron chi connectivity index (χ4n) is 2.06. The largest absolute Gasteiger partial charge is 0.326 e. The minimum absolute atomic E-state index is 0.267. The summed E-state index contributed by atoms with van der Waals surface area (Å²) in [4.78, 5) is 0.267. The van der Waals surface area contributed by atoms with E-state index in [1.807, 2.05) is 19.1 Å². The van der Waals surface area contributed by atoms with Gasteiger partial charge in [-0.2, -0.15) is 0 Å². The molecule has 21 heavy (non-hydrogen) atoms. The van der Waals surface area contributed by atoms with Crippen LogP contribution in [0.3, 0.4) is 0 Å². The summed E-state index contributed by atoms with van der Waals surface area (Å²) < 4.78 is 28.6. The SMILES string of the molecule is Cc1cc(CN)cc(S(=O)(=O)Nc2cccc(Br)c2)c1C. The molecule has 0 saturated carbocycles. The number of hydrogen-bond acceptors (Lipinski definition) is 3. The summed E-state index contributed by atoms with van der Waals surface area (Å²) in [7, 11) is -3.64. The van der Waals surface area contributed by atoms with Crippen LogP contribution < -0.4 is 10.5 Å². The van der Waals surface area contributed by atoms with Gasteiger partial charge in [0.05, 0.1) is 4.90 Å². The van der Waals surface area contributed by atoms with E-state index in [0.29, 0.717) is 12.2 Å². The minimum Gasteiger partial charge on any atom is -0.326 e. The van der Waals surface area contributed by atoms with E-state index < -0.39 is 10.0 Å². The molecule has 6 heteroatoms. The Balaban J connectivity index is 2.47. The summed E-state index contributed by atoms with van der Waals surface area (Å²) in [6.07, 6.45) is 0. The molecule has 0 aromatic heterocycles. The van der Waals surface area contributed by atoms with Gasteiger partial charge in [0, 0.05) is 16.7 Å². The Hall–Kier alpha value is -1.37. The molecule has 0 unspecified atom stereocenters. The first kappa shape index (κ1) is 16.0. The third kappa shape index (κ3) is 3.64. The Bertz CT molecular complexity index is 773. The first-order valence-corrected chi connectivity index (χ1v) is 8.69. The molecule has 112 valence electrons. The van der Waals surface area contributed by atoms with Crippen molar-refractivity contribution in [3.8, 4) is 0 Å². The number of benzene rings is 2. The maximum Gasteiger partial charge on any atom is 0.262 e. The van der Waals surface area contributed by atoms with Gasteiger partial charge >= 0.3 is 0 Å². The molecule has 0 aliphatic rings. The number of hydrogen-bond donors (Lipinski definition) is 2. The lowest BCUT2D eigenvalue weighted by Crippen LogP contribution is -2.15. The number of aryl methyl sites for hydroxylation is 1. The molecular weight excluding hydrogens is 352 g/mol. The van der Waals surface area contributed by atoms with Gasteiger partial charge < -0.3 is 5.73 Å². The molecule has 2 aromatic rings. The van der Waals surface area contributed by atoms with Gasteiger partial charge in [0.25, 0.3) is 10.0 Å². The topological polar surface area (TPSA) is 72.2 Å². The van der Waals surface area contributed by atoms with Crippen LogP contribution in [0.1, 0.15) is 16.7 Å². The van der Waals surface area contributed by atoms with Crippen molar-refractivity contribution in [1.29, 1.82) is 0 Å². The van der Waals surface area contributed by atoms with E-state index in [9.17, 15) is 8.42 Å². The van der Waals surface area contributed by atoms with Crippen LogP contribution in [0.15, 0.2) is 45.8 Å². The van der Waals surface area contributed by atoms with Crippen LogP contribution in [0.2, 0.25) is 0 Å². The molecular formula is C15H17BrN2O2S. The summed E-state index contributed by atoms with van der Waals surface area (Å²) >= 11 is 3.32. The fraction of sp³-hybridized carbons (Fsp3) is 0.200. The van der Waals surface area contributed by atoms with Gasteiger partial charge in [0.15, 0.2) is 0 Å². The van der Waals surface area contributed by atoms with E-state index in [-0.39, 0.29) is 4.90 Å². The van der Waals surface area contributed by atoms with Gasteiger partial charge in [0.1, 0.15) is 0 Å². The Morgan fingerprint density at radius 3 is 2.52 bits per heavy atom. The highest BCUT2D eigenvalue weighted by atomic mass is 79.9. The third-order valence-electron chi connectivity index (χ3n) is 3.28. The van der Waals surface area contributed by atoms with Crippen molar-refractivity contribution in [3.05, 3.63) is 57.6 Å². The second kappa shape index (κ2) is 6.17. The highest BCUT2D eigenvalue weighted by Gasteiger charge is 2.19. The standard InChI is InChI=1S/C15H17BrN2O2S/c1-10-6-12(9-17)7-15(11(10)2)21(19,20)18-14-5-3-4-13(16)8-14/h3-8,18H,9,17H2,1-2H3. The van der Waals surface area contributed by atoms with Gasteiger partial charge in [-0.25, -0.2) is 8.42 Å². The van der Waals surface area contributed by atoms with E-state index in [0.717, 1.165) is 21.2 Å². The summed E-state index contributed by atoms with van der Waals surface area (Å²) in [5.41, 5.74) is 8.59. The van der Waals surface area contributed by atoms with Crippen LogP contribution in [0.5, 0.6) is 0 Å². The van der Waals surface area contributed by atoms with Gasteiger partial charge in [-0.05, 0) is 54.8 Å². The highest BCUT2D eigenvalue weighted by molar-refractivity contribution is 9.10. The van der Waals surface area contributed by atoms with Gasteiger partial charge in [-0.3, -0.25) is 4.72 Å². The predicted octanol–water partition coefficient (Wildman–Crippen LogP) is 3.33. The van der Waals surface area contributed by atoms with Crippen LogP contribution in [0.4, 0.5) is 5.69 Å². The Morgan fingerprint density at radius 2 is 1.90 bits per heavy atom. The molecule has 0 atom stereocenters. The number of nitrogens with two attached hydrogens (primary N) is 1. The molecule has 0 spiro atoms. The number of sulfonamides is 1. The third-order valence-corrected chi connectivity index (χ3v) is 5.28. The zero-order valence-electron chi connectivity index (χ0n) is 11.9. The molecule has 0 aliphatic carbocycles. The molecule has 0 saturated heterocycles. The van der Waals surface area contributed by atoms with Gasteiger partial charge in [-0.15, -0.1) is 0 Å². The van der Waals surface area contributed by atoms with Gasteiger partial charge in [0.2, 0.25) is 0 Å². The van der Waals surface area contributed by atoms with E-state index >= 15 is 0 Å². The van der Waals surface area contributed by atoms with Crippen LogP contribution in [0.25, 0.3) is 0 Å². The maximum atomic E-state index is 12.6. The van der Waals surface area contributed by atoms with Crippen molar-refractivity contribution >= 4 is 31.6 Å². The molecule has 0 radical (unpaired) electrons. The summed E-state index contributed by atoms with van der Waals surface area (Å²) in [6, 6.07) is 10.6. The maximum absolute atomic E-state index is 12.6. The molecule has 3 N–H and O–H groups in total. The molecule has 2 rings (SSSR count). The lowest BCUT2D eigenvalue weighted by Gasteiger charge is -2.14. The molecule has 0 aliphatic heterocycles. The van der Waals surface area contributed by atoms with Gasteiger partial charge in [-0.1, -0.05) is 28.1 Å². The summed E-state index contributed by atoms with van der Waals surface area (Å²) in [5, 5.41) is 0. The van der Waals surface area contributed by atoms with Crippen molar-refractivity contribution in [2.75, 3.05) is 4.72 Å². The second-order valence-corrected chi connectivity index (χ2v) is 7.42. The summed E-state index contributed by atoms with van der Waals surface area (Å²) in [6.45, 7) is 3.98. The van der Waals surface area contributed by atoms with Crippen LogP contribution in [-0.2, 0) is 16.6 Å². The first-order valence-electron chi connectivity index (χ1n) is 6.42. The Labute approximate surface area is 133 Å². The smallest absolute Gasteiger partial charge is 0.262 e. The minimum atomic E-state index is -3.64.